The zero-order chi connectivity index (χ0) is 17.1. The number of nitrogens with zero attached hydrogens (tertiary/aromatic N) is 3. The fraction of sp³-hybridized carbons (Fsp3) is 0.278. The van der Waals surface area contributed by atoms with Crippen LogP contribution >= 0.6 is 0 Å². The van der Waals surface area contributed by atoms with Gasteiger partial charge in [-0.1, -0.05) is 25.1 Å². The average Bonchev–Trinajstić information content (AvgIpc) is 3.10. The number of aryl methyl sites for hydroxylation is 1. The van der Waals surface area contributed by atoms with E-state index in [0.29, 0.717) is 29.6 Å². The number of carbonyl (C=O) groups excluding carboxylic acids is 1. The highest BCUT2D eigenvalue weighted by Gasteiger charge is 2.20. The maximum atomic E-state index is 12.9. The molecular weight excluding hydrogens is 306 g/mol. The van der Waals surface area contributed by atoms with Gasteiger partial charge in [-0.15, -0.1) is 0 Å². The Bertz CT molecular complexity index is 913. The van der Waals surface area contributed by atoms with Crippen molar-refractivity contribution in [2.75, 3.05) is 7.05 Å². The lowest BCUT2D eigenvalue weighted by atomic mass is 10.1. The van der Waals surface area contributed by atoms with E-state index >= 15 is 0 Å². The van der Waals surface area contributed by atoms with Crippen LogP contribution in [0.15, 0.2) is 51.9 Å². The van der Waals surface area contributed by atoms with E-state index in [9.17, 15) is 9.59 Å². The highest BCUT2D eigenvalue weighted by atomic mass is 16.3. The monoisotopic (exact) mass is 325 g/mol. The fourth-order valence-electron chi connectivity index (χ4n) is 2.65. The van der Waals surface area contributed by atoms with Gasteiger partial charge < -0.3 is 9.32 Å². The van der Waals surface area contributed by atoms with Crippen molar-refractivity contribution in [3.63, 3.8) is 0 Å². The number of hydrogen-bond donors (Lipinski definition) is 0. The molecule has 0 unspecified atom stereocenters. The summed E-state index contributed by atoms with van der Waals surface area (Å²) in [6.45, 7) is 2.79. The second-order valence-electron chi connectivity index (χ2n) is 5.66. The second kappa shape index (κ2) is 6.70. The van der Waals surface area contributed by atoms with E-state index < -0.39 is 0 Å². The molecule has 3 rings (SSSR count). The van der Waals surface area contributed by atoms with Gasteiger partial charge in [0.25, 0.3) is 11.5 Å². The molecule has 0 saturated heterocycles. The average molecular weight is 325 g/mol. The summed E-state index contributed by atoms with van der Waals surface area (Å²) in [6, 6.07) is 10.7. The summed E-state index contributed by atoms with van der Waals surface area (Å²) in [6.07, 6.45) is 2.34. The number of rotatable bonds is 5. The van der Waals surface area contributed by atoms with E-state index in [2.05, 4.69) is 5.10 Å². The molecule has 0 radical (unpaired) electrons. The summed E-state index contributed by atoms with van der Waals surface area (Å²) in [5.41, 5.74) is 0.116. The summed E-state index contributed by atoms with van der Waals surface area (Å²) in [7, 11) is 1.69. The first-order valence-corrected chi connectivity index (χ1v) is 7.89. The van der Waals surface area contributed by atoms with Crippen LogP contribution in [-0.4, -0.2) is 27.6 Å². The molecule has 0 aliphatic carbocycles. The van der Waals surface area contributed by atoms with Crippen molar-refractivity contribution in [1.82, 2.24) is 14.7 Å². The van der Waals surface area contributed by atoms with Gasteiger partial charge in [0.1, 0.15) is 5.76 Å². The molecule has 1 amide bonds. The molecule has 2 heterocycles. The molecule has 0 N–H and O–H groups in total. The number of benzene rings is 1. The van der Waals surface area contributed by atoms with E-state index in [1.807, 2.05) is 13.0 Å². The predicted molar refractivity (Wildman–Crippen MR) is 90.8 cm³/mol. The van der Waals surface area contributed by atoms with Crippen LogP contribution in [-0.2, 0) is 13.1 Å². The standard InChI is InChI=1S/C18H19N3O3/c1-3-10-21-17(22)15-9-5-4-8-14(15)16(19-21)18(23)20(2)12-13-7-6-11-24-13/h4-9,11H,3,10,12H2,1-2H3. The molecule has 6 nitrogen and oxygen atoms in total. The van der Waals surface area contributed by atoms with Crippen molar-refractivity contribution in [2.45, 2.75) is 26.4 Å². The maximum Gasteiger partial charge on any atom is 0.275 e. The first-order chi connectivity index (χ1) is 11.6. The molecule has 2 aromatic heterocycles. The molecular formula is C18H19N3O3. The molecule has 0 atom stereocenters. The van der Waals surface area contributed by atoms with Crippen molar-refractivity contribution in [3.8, 4) is 0 Å². The third-order valence-corrected chi connectivity index (χ3v) is 3.83. The number of amides is 1. The van der Waals surface area contributed by atoms with Gasteiger partial charge in [0.15, 0.2) is 5.69 Å². The molecule has 124 valence electrons. The van der Waals surface area contributed by atoms with Gasteiger partial charge in [-0.25, -0.2) is 4.68 Å². The van der Waals surface area contributed by atoms with E-state index in [0.717, 1.165) is 6.42 Å². The highest BCUT2D eigenvalue weighted by molar-refractivity contribution is 6.04. The Morgan fingerprint density at radius 1 is 1.21 bits per heavy atom. The first kappa shape index (κ1) is 16.0. The third kappa shape index (κ3) is 2.95. The summed E-state index contributed by atoms with van der Waals surface area (Å²) < 4.78 is 6.66. The Hall–Kier alpha value is -2.89. The van der Waals surface area contributed by atoms with Crippen LogP contribution < -0.4 is 5.56 Å². The molecule has 0 bridgehead atoms. The summed E-state index contributed by atoms with van der Waals surface area (Å²) in [5.74, 6) is 0.449. The lowest BCUT2D eigenvalue weighted by molar-refractivity contribution is 0.0769. The normalized spacial score (nSPS) is 10.9. The number of aromatic nitrogens is 2. The van der Waals surface area contributed by atoms with Gasteiger partial charge in [-0.2, -0.15) is 5.10 Å². The number of fused-ring (bicyclic) bond motifs is 1. The van der Waals surface area contributed by atoms with Gasteiger partial charge in [0.2, 0.25) is 0 Å². The van der Waals surface area contributed by atoms with Crippen molar-refractivity contribution in [3.05, 3.63) is 64.5 Å². The molecule has 0 fully saturated rings. The largest absolute Gasteiger partial charge is 0.467 e. The summed E-state index contributed by atoms with van der Waals surface area (Å²) in [5, 5.41) is 5.41. The van der Waals surface area contributed by atoms with Gasteiger partial charge in [0.05, 0.1) is 18.2 Å². The van der Waals surface area contributed by atoms with E-state index in [-0.39, 0.29) is 17.2 Å². The van der Waals surface area contributed by atoms with Gasteiger partial charge in [0, 0.05) is 19.0 Å². The minimum absolute atomic E-state index is 0.169. The molecule has 0 saturated carbocycles. The Morgan fingerprint density at radius 3 is 2.62 bits per heavy atom. The van der Waals surface area contributed by atoms with Gasteiger partial charge >= 0.3 is 0 Å². The quantitative estimate of drug-likeness (QED) is 0.723. The van der Waals surface area contributed by atoms with Gasteiger partial charge in [-0.05, 0) is 24.6 Å². The summed E-state index contributed by atoms with van der Waals surface area (Å²) in [4.78, 5) is 26.9. The Labute approximate surface area is 139 Å². The van der Waals surface area contributed by atoms with Crippen LogP contribution in [0.4, 0.5) is 0 Å². The minimum atomic E-state index is -0.243. The first-order valence-electron chi connectivity index (χ1n) is 7.89. The van der Waals surface area contributed by atoms with Crippen LogP contribution in [0.1, 0.15) is 29.6 Å². The maximum absolute atomic E-state index is 12.9. The van der Waals surface area contributed by atoms with Crippen LogP contribution in [0, 0.1) is 0 Å². The molecule has 6 heteroatoms. The zero-order valence-corrected chi connectivity index (χ0v) is 13.7. The molecule has 0 spiro atoms. The van der Waals surface area contributed by atoms with Crippen LogP contribution in [0.5, 0.6) is 0 Å². The lowest BCUT2D eigenvalue weighted by Crippen LogP contribution is -2.31. The Kier molecular flexibility index (Phi) is 4.46. The smallest absolute Gasteiger partial charge is 0.275 e. The molecule has 1 aromatic carbocycles. The highest BCUT2D eigenvalue weighted by Crippen LogP contribution is 2.16. The molecule has 3 aromatic rings. The fourth-order valence-corrected chi connectivity index (χ4v) is 2.65. The van der Waals surface area contributed by atoms with Crippen molar-refractivity contribution >= 4 is 16.7 Å². The SMILES string of the molecule is CCCn1nc(C(=O)N(C)Cc2ccco2)c2ccccc2c1=O. The van der Waals surface area contributed by atoms with E-state index in [1.165, 1.54) is 9.58 Å². The Balaban J connectivity index is 2.05. The third-order valence-electron chi connectivity index (χ3n) is 3.83. The summed E-state index contributed by atoms with van der Waals surface area (Å²) >= 11 is 0. The predicted octanol–water partition coefficient (Wildman–Crippen LogP) is 2.67. The topological polar surface area (TPSA) is 68.3 Å². The number of hydrogen-bond acceptors (Lipinski definition) is 4. The number of carbonyl (C=O) groups is 1. The van der Waals surface area contributed by atoms with Gasteiger partial charge in [-0.3, -0.25) is 9.59 Å². The minimum Gasteiger partial charge on any atom is -0.467 e. The van der Waals surface area contributed by atoms with Crippen molar-refractivity contribution in [1.29, 1.82) is 0 Å². The van der Waals surface area contributed by atoms with E-state index in [1.54, 1.807) is 43.6 Å². The van der Waals surface area contributed by atoms with Crippen LogP contribution in [0.3, 0.4) is 0 Å². The lowest BCUT2D eigenvalue weighted by Gasteiger charge is -2.17. The zero-order valence-electron chi connectivity index (χ0n) is 13.7. The van der Waals surface area contributed by atoms with Crippen LogP contribution in [0.2, 0.25) is 0 Å². The van der Waals surface area contributed by atoms with E-state index in [4.69, 9.17) is 4.42 Å². The molecule has 0 aliphatic rings. The van der Waals surface area contributed by atoms with Crippen LogP contribution in [0.25, 0.3) is 10.8 Å². The second-order valence-corrected chi connectivity index (χ2v) is 5.66. The molecule has 0 aliphatic heterocycles. The Morgan fingerprint density at radius 2 is 1.96 bits per heavy atom. The van der Waals surface area contributed by atoms with Crippen molar-refractivity contribution < 1.29 is 9.21 Å². The van der Waals surface area contributed by atoms with Crippen molar-refractivity contribution in [2.24, 2.45) is 0 Å². The number of furan rings is 1. The molecule has 24 heavy (non-hydrogen) atoms.